The molecule has 1 aromatic heterocycles. The number of ether oxygens (including phenoxy) is 2. The second-order valence-corrected chi connectivity index (χ2v) is 8.04. The summed E-state index contributed by atoms with van der Waals surface area (Å²) >= 11 is 0. The van der Waals surface area contributed by atoms with Crippen LogP contribution in [0, 0.1) is 6.92 Å². The van der Waals surface area contributed by atoms with Crippen LogP contribution >= 0.6 is 0 Å². The van der Waals surface area contributed by atoms with Crippen molar-refractivity contribution in [3.63, 3.8) is 0 Å². The summed E-state index contributed by atoms with van der Waals surface area (Å²) in [7, 11) is 0. The lowest BCUT2D eigenvalue weighted by Gasteiger charge is -2.12. The summed E-state index contributed by atoms with van der Waals surface area (Å²) in [4.78, 5) is 24.7. The summed E-state index contributed by atoms with van der Waals surface area (Å²) in [6, 6.07) is 20.3. The number of fused-ring (bicyclic) bond motifs is 3. The Morgan fingerprint density at radius 1 is 0.939 bits per heavy atom. The van der Waals surface area contributed by atoms with Gasteiger partial charge in [-0.05, 0) is 80.3 Å². The van der Waals surface area contributed by atoms with Gasteiger partial charge in [0.15, 0.2) is 6.61 Å². The molecule has 0 fully saturated rings. The van der Waals surface area contributed by atoms with E-state index in [1.165, 1.54) is 0 Å². The molecule has 0 unspecified atom stereocenters. The van der Waals surface area contributed by atoms with Crippen molar-refractivity contribution in [3.8, 4) is 17.2 Å². The SMILES string of the molecule is Cc1c(OCC(=O)Nc2ccc(Oc3ccccc3)cc2)ccc2c3c(c(=O)oc12)CCC3. The lowest BCUT2D eigenvalue weighted by atomic mass is 10.0. The number of para-hydroxylation sites is 1. The molecule has 6 nitrogen and oxygen atoms in total. The summed E-state index contributed by atoms with van der Waals surface area (Å²) in [6.45, 7) is 1.68. The van der Waals surface area contributed by atoms with Crippen LogP contribution in [0.3, 0.4) is 0 Å². The van der Waals surface area contributed by atoms with E-state index >= 15 is 0 Å². The van der Waals surface area contributed by atoms with Crippen molar-refractivity contribution in [3.05, 3.63) is 93.8 Å². The topological polar surface area (TPSA) is 77.8 Å². The zero-order valence-corrected chi connectivity index (χ0v) is 18.2. The predicted molar refractivity (Wildman–Crippen MR) is 126 cm³/mol. The third kappa shape index (κ3) is 4.32. The van der Waals surface area contributed by atoms with Crippen molar-refractivity contribution in [1.82, 2.24) is 0 Å². The molecule has 33 heavy (non-hydrogen) atoms. The smallest absolute Gasteiger partial charge is 0.339 e. The highest BCUT2D eigenvalue weighted by atomic mass is 16.5. The zero-order valence-electron chi connectivity index (χ0n) is 18.2. The normalized spacial score (nSPS) is 12.4. The van der Waals surface area contributed by atoms with Crippen LogP contribution in [0.2, 0.25) is 0 Å². The number of amides is 1. The number of hydrogen-bond acceptors (Lipinski definition) is 5. The number of rotatable bonds is 6. The fourth-order valence-electron chi connectivity index (χ4n) is 4.19. The quantitative estimate of drug-likeness (QED) is 0.406. The predicted octanol–water partition coefficient (Wildman–Crippen LogP) is 5.40. The van der Waals surface area contributed by atoms with Crippen molar-refractivity contribution < 1.29 is 18.7 Å². The van der Waals surface area contributed by atoms with Gasteiger partial charge in [0.05, 0.1) is 0 Å². The van der Waals surface area contributed by atoms with Crippen molar-refractivity contribution >= 4 is 22.6 Å². The van der Waals surface area contributed by atoms with Crippen LogP contribution in [-0.4, -0.2) is 12.5 Å². The monoisotopic (exact) mass is 441 g/mol. The molecule has 1 amide bonds. The number of aryl methyl sites for hydroxylation is 2. The lowest BCUT2D eigenvalue weighted by molar-refractivity contribution is -0.118. The molecule has 6 heteroatoms. The van der Waals surface area contributed by atoms with Gasteiger partial charge >= 0.3 is 5.63 Å². The average Bonchev–Trinajstić information content (AvgIpc) is 3.32. The van der Waals surface area contributed by atoms with Gasteiger partial charge in [0.25, 0.3) is 5.91 Å². The number of anilines is 1. The third-order valence-corrected chi connectivity index (χ3v) is 5.82. The molecule has 5 rings (SSSR count). The van der Waals surface area contributed by atoms with E-state index in [9.17, 15) is 9.59 Å². The van der Waals surface area contributed by atoms with Gasteiger partial charge in [0, 0.05) is 22.2 Å². The molecule has 1 heterocycles. The molecule has 0 aliphatic heterocycles. The second kappa shape index (κ2) is 8.82. The van der Waals surface area contributed by atoms with Gasteiger partial charge in [0.1, 0.15) is 22.8 Å². The maximum absolute atomic E-state index is 12.4. The van der Waals surface area contributed by atoms with E-state index in [4.69, 9.17) is 13.9 Å². The van der Waals surface area contributed by atoms with Gasteiger partial charge in [-0.1, -0.05) is 18.2 Å². The van der Waals surface area contributed by atoms with Crippen LogP contribution in [0.5, 0.6) is 17.2 Å². The van der Waals surface area contributed by atoms with Crippen LogP contribution in [0.15, 0.2) is 75.9 Å². The molecular weight excluding hydrogens is 418 g/mol. The van der Waals surface area contributed by atoms with E-state index in [1.54, 1.807) is 24.3 Å². The van der Waals surface area contributed by atoms with Crippen LogP contribution in [-0.2, 0) is 17.6 Å². The first-order valence-corrected chi connectivity index (χ1v) is 10.9. The van der Waals surface area contributed by atoms with E-state index in [-0.39, 0.29) is 18.1 Å². The molecule has 1 aliphatic carbocycles. The fraction of sp³-hybridized carbons (Fsp3) is 0.185. The number of benzene rings is 3. The van der Waals surface area contributed by atoms with Gasteiger partial charge < -0.3 is 19.2 Å². The Labute approximate surface area is 190 Å². The van der Waals surface area contributed by atoms with Crippen molar-refractivity contribution in [2.24, 2.45) is 0 Å². The van der Waals surface area contributed by atoms with Crippen LogP contribution in [0.4, 0.5) is 5.69 Å². The maximum Gasteiger partial charge on any atom is 0.339 e. The minimum absolute atomic E-state index is 0.163. The van der Waals surface area contributed by atoms with E-state index in [0.29, 0.717) is 22.8 Å². The Kier molecular flexibility index (Phi) is 5.57. The van der Waals surface area contributed by atoms with Crippen molar-refractivity contribution in [2.75, 3.05) is 11.9 Å². The van der Waals surface area contributed by atoms with Crippen LogP contribution < -0.4 is 20.4 Å². The van der Waals surface area contributed by atoms with Gasteiger partial charge in [0.2, 0.25) is 0 Å². The number of carbonyl (C=O) groups is 1. The summed E-state index contributed by atoms with van der Waals surface area (Å²) in [5.41, 5.74) is 3.49. The highest BCUT2D eigenvalue weighted by molar-refractivity contribution is 5.92. The van der Waals surface area contributed by atoms with Crippen LogP contribution in [0.1, 0.15) is 23.1 Å². The summed E-state index contributed by atoms with van der Waals surface area (Å²) in [5.74, 6) is 1.65. The van der Waals surface area contributed by atoms with E-state index in [0.717, 1.165) is 47.1 Å². The summed E-state index contributed by atoms with van der Waals surface area (Å²) in [6.07, 6.45) is 2.62. The Bertz CT molecular complexity index is 1370. The van der Waals surface area contributed by atoms with Gasteiger partial charge in [-0.2, -0.15) is 0 Å². The van der Waals surface area contributed by atoms with E-state index < -0.39 is 0 Å². The molecule has 3 aromatic carbocycles. The van der Waals surface area contributed by atoms with Crippen LogP contribution in [0.25, 0.3) is 11.0 Å². The molecule has 0 bridgehead atoms. The summed E-state index contributed by atoms with van der Waals surface area (Å²) in [5, 5.41) is 3.76. The molecule has 4 aromatic rings. The fourth-order valence-corrected chi connectivity index (χ4v) is 4.19. The van der Waals surface area contributed by atoms with E-state index in [1.807, 2.05) is 49.4 Å². The summed E-state index contributed by atoms with van der Waals surface area (Å²) < 4.78 is 17.1. The maximum atomic E-state index is 12.4. The minimum Gasteiger partial charge on any atom is -0.483 e. The van der Waals surface area contributed by atoms with Gasteiger partial charge in [-0.25, -0.2) is 4.79 Å². The highest BCUT2D eigenvalue weighted by Gasteiger charge is 2.21. The second-order valence-electron chi connectivity index (χ2n) is 8.04. The van der Waals surface area contributed by atoms with E-state index in [2.05, 4.69) is 5.32 Å². The molecule has 0 saturated heterocycles. The molecule has 0 radical (unpaired) electrons. The highest BCUT2D eigenvalue weighted by Crippen LogP contribution is 2.33. The largest absolute Gasteiger partial charge is 0.483 e. The Morgan fingerprint density at radius 2 is 1.67 bits per heavy atom. The molecule has 0 spiro atoms. The molecule has 0 saturated carbocycles. The number of nitrogens with one attached hydrogen (secondary N) is 1. The first kappa shape index (κ1) is 20.8. The Balaban J connectivity index is 1.23. The Morgan fingerprint density at radius 3 is 2.45 bits per heavy atom. The van der Waals surface area contributed by atoms with Crippen molar-refractivity contribution in [1.29, 1.82) is 0 Å². The Hall–Kier alpha value is -4.06. The number of carbonyl (C=O) groups excluding carboxylic acids is 1. The first-order valence-electron chi connectivity index (χ1n) is 10.9. The molecule has 1 N–H and O–H groups in total. The average molecular weight is 441 g/mol. The molecule has 0 atom stereocenters. The molecule has 1 aliphatic rings. The lowest BCUT2D eigenvalue weighted by Crippen LogP contribution is -2.20. The minimum atomic E-state index is -0.290. The molecular formula is C27H23NO5. The third-order valence-electron chi connectivity index (χ3n) is 5.82. The van der Waals surface area contributed by atoms with Gasteiger partial charge in [-0.3, -0.25) is 4.79 Å². The zero-order chi connectivity index (χ0) is 22.8. The van der Waals surface area contributed by atoms with Gasteiger partial charge in [-0.15, -0.1) is 0 Å². The van der Waals surface area contributed by atoms with Crippen molar-refractivity contribution in [2.45, 2.75) is 26.2 Å². The standard InChI is InChI=1S/C27H23NO5/c1-17-24(15-14-22-21-8-5-9-23(21)27(30)33-26(17)22)31-16-25(29)28-18-10-12-20(13-11-18)32-19-6-3-2-4-7-19/h2-4,6-7,10-15H,5,8-9,16H2,1H3,(H,28,29). The first-order chi connectivity index (χ1) is 16.1. The molecule has 166 valence electrons. The number of hydrogen-bond donors (Lipinski definition) is 1.